The van der Waals surface area contributed by atoms with E-state index in [1.807, 2.05) is 0 Å². The van der Waals surface area contributed by atoms with E-state index in [4.69, 9.17) is 11.6 Å². The number of nitrogens with zero attached hydrogens (tertiary/aromatic N) is 1. The largest absolute Gasteiger partial charge is 0.375 e. The van der Waals surface area contributed by atoms with Crippen LogP contribution in [0.1, 0.15) is 0 Å². The Morgan fingerprint density at radius 3 is 2.80 bits per heavy atom. The lowest BCUT2D eigenvalue weighted by Crippen LogP contribution is -2.53. The van der Waals surface area contributed by atoms with E-state index in [2.05, 4.69) is 22.9 Å². The van der Waals surface area contributed by atoms with Crippen LogP contribution in [0.5, 0.6) is 0 Å². The molecule has 1 atom stereocenters. The fourth-order valence-electron chi connectivity index (χ4n) is 0.821. The fourth-order valence-corrected chi connectivity index (χ4v) is 0.949. The Kier molecular flexibility index (Phi) is 2.39. The highest BCUT2D eigenvalue weighted by Gasteiger charge is 2.19. The number of hydrogen-bond acceptors (Lipinski definition) is 4. The van der Waals surface area contributed by atoms with Crippen LogP contribution in [-0.4, -0.2) is 29.5 Å². The Hall–Kier alpha value is -0.430. The second-order valence-corrected chi connectivity index (χ2v) is 2.51. The average Bonchev–Trinajstić information content (AvgIpc) is 2.36. The van der Waals surface area contributed by atoms with Crippen LogP contribution in [0.25, 0.3) is 0 Å². The van der Waals surface area contributed by atoms with E-state index in [0.717, 1.165) is 13.2 Å². The predicted octanol–water partition coefficient (Wildman–Crippen LogP) is -2.12. The molecule has 1 aliphatic heterocycles. The van der Waals surface area contributed by atoms with Crippen molar-refractivity contribution in [3.63, 3.8) is 0 Å². The van der Waals surface area contributed by atoms with Gasteiger partial charge in [0.2, 0.25) is 0 Å². The molecule has 1 aliphatic rings. The Bertz CT molecular complexity index is 132. The van der Waals surface area contributed by atoms with Crippen molar-refractivity contribution in [2.75, 3.05) is 13.2 Å². The molecule has 1 rings (SSSR count). The van der Waals surface area contributed by atoms with Crippen molar-refractivity contribution in [1.82, 2.24) is 15.6 Å². The molecule has 58 valence electrons. The molecule has 1 unspecified atom stereocenters. The van der Waals surface area contributed by atoms with Gasteiger partial charge in [0, 0.05) is 13.2 Å². The lowest BCUT2D eigenvalue weighted by atomic mass is 10.5. The third-order valence-electron chi connectivity index (χ3n) is 1.39. The van der Waals surface area contributed by atoms with Crippen molar-refractivity contribution in [2.45, 2.75) is 6.17 Å². The van der Waals surface area contributed by atoms with Crippen LogP contribution in [-0.2, 0) is 0 Å². The third kappa shape index (κ3) is 1.54. The van der Waals surface area contributed by atoms with Crippen LogP contribution in [0, 0.1) is 0 Å². The van der Waals surface area contributed by atoms with Crippen molar-refractivity contribution in [3.8, 4) is 0 Å². The zero-order valence-corrected chi connectivity index (χ0v) is 6.32. The van der Waals surface area contributed by atoms with Crippen LogP contribution in [0.15, 0.2) is 0 Å². The molecular weight excluding hydrogens is 150 g/mol. The normalized spacial score (nSPS) is 24.7. The van der Waals surface area contributed by atoms with Gasteiger partial charge in [-0.25, -0.2) is 5.84 Å². The summed E-state index contributed by atoms with van der Waals surface area (Å²) < 4.78 is 0. The van der Waals surface area contributed by atoms with Gasteiger partial charge in [-0.05, 0) is 12.2 Å². The smallest absolute Gasteiger partial charge is 0.182 e. The summed E-state index contributed by atoms with van der Waals surface area (Å²) in [5.74, 6) is 5.49. The Morgan fingerprint density at radius 2 is 2.40 bits per heavy atom. The summed E-state index contributed by atoms with van der Waals surface area (Å²) in [5.41, 5.74) is 5.28. The summed E-state index contributed by atoms with van der Waals surface area (Å²) in [4.78, 5) is 0. The number of hydrazine groups is 1. The molecule has 0 spiro atoms. The van der Waals surface area contributed by atoms with E-state index in [0.29, 0.717) is 0 Å². The maximum Gasteiger partial charge on any atom is 0.182 e. The summed E-state index contributed by atoms with van der Waals surface area (Å²) >= 11 is 4.67. The number of nitrogens with one attached hydrogen (secondary N) is 2. The molecule has 1 fully saturated rings. The highest BCUT2D eigenvalue weighted by Crippen LogP contribution is 1.91. The predicted molar refractivity (Wildman–Crippen MR) is 42.6 cm³/mol. The van der Waals surface area contributed by atoms with Gasteiger partial charge in [-0.3, -0.25) is 10.3 Å². The van der Waals surface area contributed by atoms with E-state index in [9.17, 15) is 0 Å². The molecule has 1 saturated heterocycles. The van der Waals surface area contributed by atoms with Gasteiger partial charge in [-0.1, -0.05) is 0 Å². The first-order valence-corrected chi connectivity index (χ1v) is 3.40. The van der Waals surface area contributed by atoms with Gasteiger partial charge in [0.15, 0.2) is 5.11 Å². The van der Waals surface area contributed by atoms with Crippen LogP contribution < -0.4 is 22.2 Å². The van der Waals surface area contributed by atoms with Gasteiger partial charge >= 0.3 is 0 Å². The van der Waals surface area contributed by atoms with Gasteiger partial charge in [0.25, 0.3) is 0 Å². The third-order valence-corrected chi connectivity index (χ3v) is 1.60. The zero-order valence-electron chi connectivity index (χ0n) is 5.50. The van der Waals surface area contributed by atoms with Gasteiger partial charge < -0.3 is 11.1 Å². The summed E-state index contributed by atoms with van der Waals surface area (Å²) in [6.07, 6.45) is 0.0394. The molecule has 0 aromatic rings. The molecule has 0 aromatic carbocycles. The van der Waals surface area contributed by atoms with Crippen molar-refractivity contribution in [2.24, 2.45) is 11.6 Å². The first kappa shape index (κ1) is 7.67. The summed E-state index contributed by atoms with van der Waals surface area (Å²) in [5, 5.41) is 7.67. The van der Waals surface area contributed by atoms with Crippen molar-refractivity contribution in [1.29, 1.82) is 0 Å². The molecule has 0 saturated carbocycles. The van der Waals surface area contributed by atoms with E-state index >= 15 is 0 Å². The Labute approximate surface area is 64.7 Å². The quantitative estimate of drug-likeness (QED) is 0.200. The summed E-state index contributed by atoms with van der Waals surface area (Å²) in [7, 11) is 0. The molecule has 0 aromatic heterocycles. The minimum atomic E-state index is 0.0394. The highest BCUT2D eigenvalue weighted by atomic mass is 32.1. The second-order valence-electron chi connectivity index (χ2n) is 2.10. The molecule has 6 N–H and O–H groups in total. The molecular formula is C4H11N5S. The van der Waals surface area contributed by atoms with Crippen LogP contribution in [0.3, 0.4) is 0 Å². The van der Waals surface area contributed by atoms with E-state index in [-0.39, 0.29) is 11.3 Å². The van der Waals surface area contributed by atoms with E-state index in [1.165, 1.54) is 5.01 Å². The monoisotopic (exact) mass is 161 g/mol. The fraction of sp³-hybridized carbons (Fsp3) is 0.750. The number of nitrogens with two attached hydrogens (primary N) is 2. The molecule has 5 nitrogen and oxygen atoms in total. The molecule has 0 amide bonds. The van der Waals surface area contributed by atoms with Crippen molar-refractivity contribution in [3.05, 3.63) is 0 Å². The Morgan fingerprint density at radius 1 is 1.70 bits per heavy atom. The van der Waals surface area contributed by atoms with Crippen LogP contribution in [0.4, 0.5) is 0 Å². The number of hydrogen-bond donors (Lipinski definition) is 4. The first-order valence-electron chi connectivity index (χ1n) is 2.99. The standard InChI is InChI=1S/C4H11N5S/c5-4(10)9(6)3-1-7-2-8-3/h3,7-8H,1-2,6H2,(H2,5,10). The average molecular weight is 161 g/mol. The molecule has 0 radical (unpaired) electrons. The lowest BCUT2D eigenvalue weighted by molar-refractivity contribution is 0.314. The van der Waals surface area contributed by atoms with E-state index < -0.39 is 0 Å². The molecule has 10 heavy (non-hydrogen) atoms. The molecule has 0 aliphatic carbocycles. The van der Waals surface area contributed by atoms with Gasteiger partial charge in [0.05, 0.1) is 0 Å². The van der Waals surface area contributed by atoms with Crippen molar-refractivity contribution >= 4 is 17.3 Å². The SMILES string of the molecule is NC(=S)N(N)C1CNCN1. The minimum absolute atomic E-state index is 0.0394. The minimum Gasteiger partial charge on any atom is -0.375 e. The van der Waals surface area contributed by atoms with Gasteiger partial charge in [-0.15, -0.1) is 0 Å². The van der Waals surface area contributed by atoms with Crippen LogP contribution >= 0.6 is 12.2 Å². The number of rotatable bonds is 1. The maximum atomic E-state index is 5.49. The molecule has 6 heteroatoms. The summed E-state index contributed by atoms with van der Waals surface area (Å²) in [6, 6.07) is 0. The Balaban J connectivity index is 2.39. The zero-order chi connectivity index (χ0) is 7.56. The topological polar surface area (TPSA) is 79.3 Å². The van der Waals surface area contributed by atoms with Crippen LogP contribution in [0.2, 0.25) is 0 Å². The van der Waals surface area contributed by atoms with Gasteiger partial charge in [0.1, 0.15) is 6.17 Å². The lowest BCUT2D eigenvalue weighted by Gasteiger charge is -2.22. The van der Waals surface area contributed by atoms with Crippen molar-refractivity contribution < 1.29 is 0 Å². The molecule has 1 heterocycles. The molecule has 0 bridgehead atoms. The summed E-state index contributed by atoms with van der Waals surface area (Å²) in [6.45, 7) is 1.52. The first-order chi connectivity index (χ1) is 4.72. The second kappa shape index (κ2) is 3.11. The van der Waals surface area contributed by atoms with Gasteiger partial charge in [-0.2, -0.15) is 0 Å². The highest BCUT2D eigenvalue weighted by molar-refractivity contribution is 7.80. The maximum absolute atomic E-state index is 5.49. The number of thiocarbonyl (C=S) groups is 1. The van der Waals surface area contributed by atoms with E-state index in [1.54, 1.807) is 0 Å².